The number of hydrogen-bond donors (Lipinski definition) is 0. The topological polar surface area (TPSA) is 25.4 Å². The Morgan fingerprint density at radius 1 is 0.674 bits per heavy atom. The Bertz CT molecular complexity index is 2350. The lowest BCUT2D eigenvalue weighted by molar-refractivity contribution is 0.148. The Kier molecular flexibility index (Phi) is 5.25. The Morgan fingerprint density at radius 3 is 2.22 bits per heavy atom. The van der Waals surface area contributed by atoms with Crippen LogP contribution in [0, 0.1) is 0 Å². The van der Waals surface area contributed by atoms with E-state index in [4.69, 9.17) is 9.72 Å². The smallest absolute Gasteiger partial charge is 0.241 e. The number of anilines is 2. The van der Waals surface area contributed by atoms with Crippen LogP contribution in [0.4, 0.5) is 11.4 Å². The van der Waals surface area contributed by atoms with Crippen molar-refractivity contribution in [1.82, 2.24) is 4.98 Å². The van der Waals surface area contributed by atoms with Gasteiger partial charge in [-0.1, -0.05) is 116 Å². The quantitative estimate of drug-likeness (QED) is 0.205. The predicted molar refractivity (Wildman–Crippen MR) is 187 cm³/mol. The number of nitrogens with zero attached hydrogens (tertiary/aromatic N) is 2. The minimum Gasteiger partial charge on any atom is -0.457 e. The molecule has 3 heteroatoms. The summed E-state index contributed by atoms with van der Waals surface area (Å²) in [4.78, 5) is 7.72. The largest absolute Gasteiger partial charge is 0.457 e. The van der Waals surface area contributed by atoms with Crippen molar-refractivity contribution in [1.29, 1.82) is 0 Å². The SMILES string of the molecule is CC1Cc2cccc3c2-c2c1cccc2C31Oc2ccccc2N1c1ccc2nc(-c3ccccc3)c(-c3ccccc3)cc2c1. The van der Waals surface area contributed by atoms with Crippen LogP contribution >= 0.6 is 0 Å². The van der Waals surface area contributed by atoms with Crippen LogP contribution in [0.5, 0.6) is 5.75 Å². The molecule has 0 saturated carbocycles. The van der Waals surface area contributed by atoms with Crippen molar-refractivity contribution in [2.24, 2.45) is 0 Å². The summed E-state index contributed by atoms with van der Waals surface area (Å²) in [6, 6.07) is 52.2. The molecule has 1 aromatic heterocycles. The third kappa shape index (κ3) is 3.40. The van der Waals surface area contributed by atoms with E-state index in [1.807, 2.05) is 0 Å². The maximum atomic E-state index is 7.24. The lowest BCUT2D eigenvalue weighted by Crippen LogP contribution is -2.43. The highest BCUT2D eigenvalue weighted by molar-refractivity contribution is 5.96. The number of hydrogen-bond acceptors (Lipinski definition) is 3. The summed E-state index contributed by atoms with van der Waals surface area (Å²) in [7, 11) is 0. The fourth-order valence-electron chi connectivity index (χ4n) is 8.21. The lowest BCUT2D eigenvalue weighted by atomic mass is 9.80. The molecular formula is C43H30N2O. The zero-order valence-corrected chi connectivity index (χ0v) is 25.4. The van der Waals surface area contributed by atoms with Crippen molar-refractivity contribution >= 4 is 22.3 Å². The molecule has 10 rings (SSSR count). The summed E-state index contributed by atoms with van der Waals surface area (Å²) in [5.41, 5.74) is 14.6. The Hall–Kier alpha value is -5.67. The monoisotopic (exact) mass is 590 g/mol. The molecule has 2 unspecified atom stereocenters. The van der Waals surface area contributed by atoms with Crippen LogP contribution in [0.15, 0.2) is 146 Å². The van der Waals surface area contributed by atoms with E-state index in [1.54, 1.807) is 0 Å². The number of para-hydroxylation sites is 2. The molecule has 3 nitrogen and oxygen atoms in total. The summed E-state index contributed by atoms with van der Waals surface area (Å²) in [5, 5.41) is 1.09. The first kappa shape index (κ1) is 25.6. The van der Waals surface area contributed by atoms with Gasteiger partial charge in [-0.25, -0.2) is 4.98 Å². The van der Waals surface area contributed by atoms with E-state index in [0.29, 0.717) is 5.92 Å². The van der Waals surface area contributed by atoms with Gasteiger partial charge >= 0.3 is 0 Å². The molecule has 0 radical (unpaired) electrons. The molecule has 0 fully saturated rings. The minimum absolute atomic E-state index is 0.451. The van der Waals surface area contributed by atoms with E-state index >= 15 is 0 Å². The van der Waals surface area contributed by atoms with E-state index in [1.165, 1.54) is 33.4 Å². The van der Waals surface area contributed by atoms with E-state index in [0.717, 1.165) is 56.8 Å². The molecule has 46 heavy (non-hydrogen) atoms. The summed E-state index contributed by atoms with van der Waals surface area (Å²) < 4.78 is 7.24. The maximum Gasteiger partial charge on any atom is 0.241 e. The van der Waals surface area contributed by atoms with Crippen LogP contribution in [-0.2, 0) is 12.1 Å². The summed E-state index contributed by atoms with van der Waals surface area (Å²) in [6.07, 6.45) is 1.04. The molecule has 3 aliphatic rings. The average Bonchev–Trinajstić information content (AvgIpc) is 3.61. The van der Waals surface area contributed by atoms with E-state index in [-0.39, 0.29) is 0 Å². The van der Waals surface area contributed by atoms with Crippen molar-refractivity contribution in [2.75, 3.05) is 4.90 Å². The standard InChI is InChI=1S/C43H30N2O/c1-27-24-30-16-10-18-35-40(30)41-33(27)17-11-19-36(41)43(35)45(38-20-8-9-21-39(38)46-43)32-22-23-37-31(25-32)26-34(28-12-4-2-5-13-28)42(44-37)29-14-6-3-7-15-29/h2-23,25-27H,24H2,1H3. The number of rotatable bonds is 3. The first-order valence-electron chi connectivity index (χ1n) is 16.1. The number of aromatic nitrogens is 1. The van der Waals surface area contributed by atoms with Gasteiger partial charge < -0.3 is 4.74 Å². The van der Waals surface area contributed by atoms with Crippen LogP contribution in [0.25, 0.3) is 44.4 Å². The van der Waals surface area contributed by atoms with Gasteiger partial charge in [-0.15, -0.1) is 0 Å². The van der Waals surface area contributed by atoms with Crippen LogP contribution in [-0.4, -0.2) is 4.98 Å². The lowest BCUT2D eigenvalue weighted by Gasteiger charge is -2.37. The van der Waals surface area contributed by atoms with Crippen molar-refractivity contribution in [3.8, 4) is 39.3 Å². The third-order valence-corrected chi connectivity index (χ3v) is 10.2. The van der Waals surface area contributed by atoms with Gasteiger partial charge in [0, 0.05) is 33.3 Å². The molecule has 7 aromatic rings. The second-order valence-corrected chi connectivity index (χ2v) is 12.8. The molecule has 0 bridgehead atoms. The van der Waals surface area contributed by atoms with Crippen molar-refractivity contribution in [3.63, 3.8) is 0 Å². The molecule has 0 saturated heterocycles. The maximum absolute atomic E-state index is 7.24. The van der Waals surface area contributed by atoms with Gasteiger partial charge in [0.25, 0.3) is 0 Å². The van der Waals surface area contributed by atoms with E-state index < -0.39 is 5.72 Å². The molecule has 2 heterocycles. The van der Waals surface area contributed by atoms with Crippen LogP contribution < -0.4 is 9.64 Å². The molecular weight excluding hydrogens is 560 g/mol. The van der Waals surface area contributed by atoms with Crippen LogP contribution in [0.3, 0.4) is 0 Å². The highest BCUT2D eigenvalue weighted by atomic mass is 16.5. The fourth-order valence-corrected chi connectivity index (χ4v) is 8.21. The summed E-state index contributed by atoms with van der Waals surface area (Å²) in [5.74, 6) is 1.35. The normalized spacial score (nSPS) is 18.5. The van der Waals surface area contributed by atoms with E-state index in [2.05, 4.69) is 157 Å². The first-order valence-corrected chi connectivity index (χ1v) is 16.1. The second-order valence-electron chi connectivity index (χ2n) is 12.8. The van der Waals surface area contributed by atoms with Crippen LogP contribution in [0.1, 0.15) is 35.1 Å². The predicted octanol–water partition coefficient (Wildman–Crippen LogP) is 10.6. The van der Waals surface area contributed by atoms with Gasteiger partial charge in [0.2, 0.25) is 5.72 Å². The number of benzene rings is 6. The van der Waals surface area contributed by atoms with Crippen molar-refractivity contribution in [2.45, 2.75) is 25.0 Å². The fraction of sp³-hybridized carbons (Fsp3) is 0.0930. The van der Waals surface area contributed by atoms with Gasteiger partial charge in [0.1, 0.15) is 5.75 Å². The molecule has 218 valence electrons. The molecule has 1 spiro atoms. The molecule has 0 N–H and O–H groups in total. The van der Waals surface area contributed by atoms with Crippen molar-refractivity contribution < 1.29 is 4.74 Å². The van der Waals surface area contributed by atoms with E-state index in [9.17, 15) is 0 Å². The average molecular weight is 591 g/mol. The summed E-state index contributed by atoms with van der Waals surface area (Å²) >= 11 is 0. The van der Waals surface area contributed by atoms with Gasteiger partial charge in [0.15, 0.2) is 0 Å². The highest BCUT2D eigenvalue weighted by Crippen LogP contribution is 2.63. The Labute approximate surface area is 268 Å². The van der Waals surface area contributed by atoms with Gasteiger partial charge in [0.05, 0.1) is 16.9 Å². The summed E-state index contributed by atoms with van der Waals surface area (Å²) in [6.45, 7) is 2.35. The number of pyridine rings is 1. The number of ether oxygens (including phenoxy) is 1. The zero-order valence-electron chi connectivity index (χ0n) is 25.4. The molecule has 0 amide bonds. The molecule has 2 aliphatic carbocycles. The molecule has 6 aromatic carbocycles. The zero-order chi connectivity index (χ0) is 30.4. The molecule has 1 aliphatic heterocycles. The highest BCUT2D eigenvalue weighted by Gasteiger charge is 2.57. The first-order chi connectivity index (χ1) is 22.7. The third-order valence-electron chi connectivity index (χ3n) is 10.2. The Balaban J connectivity index is 1.24. The van der Waals surface area contributed by atoms with Crippen LogP contribution in [0.2, 0.25) is 0 Å². The second kappa shape index (κ2) is 9.42. The van der Waals surface area contributed by atoms with Gasteiger partial charge in [-0.3, -0.25) is 4.90 Å². The Morgan fingerprint density at radius 2 is 1.39 bits per heavy atom. The van der Waals surface area contributed by atoms with Gasteiger partial charge in [-0.05, 0) is 76.6 Å². The minimum atomic E-state index is -0.808. The van der Waals surface area contributed by atoms with Gasteiger partial charge in [-0.2, -0.15) is 0 Å². The van der Waals surface area contributed by atoms with Crippen molar-refractivity contribution in [3.05, 3.63) is 168 Å². The number of fused-ring (bicyclic) bond motifs is 4. The molecule has 2 atom stereocenters.